The largest absolute Gasteiger partial charge is 0.331 e. The van der Waals surface area contributed by atoms with Gasteiger partial charge in [0.05, 0.1) is 54.9 Å². The topological polar surface area (TPSA) is 0 Å². The first kappa shape index (κ1) is 24.2. The summed E-state index contributed by atoms with van der Waals surface area (Å²) in [6.45, 7) is 10.3. The lowest BCUT2D eigenvalue weighted by Crippen LogP contribution is -2.38. The van der Waals surface area contributed by atoms with Gasteiger partial charge in [0.15, 0.2) is 0 Å². The van der Waals surface area contributed by atoms with Crippen molar-refractivity contribution in [2.75, 3.05) is 54.9 Å². The highest BCUT2D eigenvalue weighted by Crippen LogP contribution is 1.91. The van der Waals surface area contributed by atoms with E-state index in [1.165, 1.54) is 19.6 Å². The third-order valence-electron chi connectivity index (χ3n) is 2.66. The predicted molar refractivity (Wildman–Crippen MR) is 75.2 cm³/mol. The highest BCUT2D eigenvalue weighted by atomic mass is 15.3. The molecule has 0 heterocycles. The Morgan fingerprint density at radius 3 is 0.800 bits per heavy atom. The summed E-state index contributed by atoms with van der Waals surface area (Å²) in [6.07, 6.45) is 0. The van der Waals surface area contributed by atoms with Crippen LogP contribution in [-0.2, 0) is 0 Å². The van der Waals surface area contributed by atoms with Crippen molar-refractivity contribution in [2.45, 2.75) is 35.6 Å². The van der Waals surface area contributed by atoms with Gasteiger partial charge in [0.2, 0.25) is 0 Å². The molecule has 0 aliphatic rings. The Bertz CT molecular complexity index is 106. The van der Waals surface area contributed by atoms with Crippen LogP contribution in [0.2, 0.25) is 0 Å². The molecule has 0 bridgehead atoms. The van der Waals surface area contributed by atoms with Crippen molar-refractivity contribution in [3.8, 4) is 0 Å². The fourth-order valence-corrected chi connectivity index (χ4v) is 0.224. The van der Waals surface area contributed by atoms with Crippen molar-refractivity contribution in [3.05, 3.63) is 0 Å². The average Bonchev–Trinajstić information content (AvgIpc) is 2.04. The number of hydrogen-bond donors (Lipinski definition) is 0. The van der Waals surface area contributed by atoms with Crippen molar-refractivity contribution in [3.63, 3.8) is 0 Å². The Morgan fingerprint density at radius 2 is 0.800 bits per heavy atom. The normalized spacial score (nSPS) is 10.4. The molecular formula is C13H38N2+2. The second kappa shape index (κ2) is 10.4. The Balaban J connectivity index is -0.0000000718. The fraction of sp³-hybridized carbons (Fsp3) is 1.00. The van der Waals surface area contributed by atoms with Crippen molar-refractivity contribution >= 4 is 0 Å². The van der Waals surface area contributed by atoms with Crippen LogP contribution in [0.5, 0.6) is 0 Å². The highest BCUT2D eigenvalue weighted by Gasteiger charge is 2.04. The standard InChI is InChI=1S/C6H16N.C5H14N.2CH4/c1-5-7(3,4)6-2;1-5-6(2,3)4;;/h5-6H2,1-4H3;5H2,1-4H3;2*1H4/q2*+1;;. The van der Waals surface area contributed by atoms with E-state index in [1.54, 1.807) is 0 Å². The molecule has 0 N–H and O–H groups in total. The summed E-state index contributed by atoms with van der Waals surface area (Å²) in [5, 5.41) is 0. The summed E-state index contributed by atoms with van der Waals surface area (Å²) < 4.78 is 2.21. The maximum absolute atomic E-state index is 2.24. The maximum Gasteiger partial charge on any atom is 0.0753 e. The third kappa shape index (κ3) is 24.9. The van der Waals surface area contributed by atoms with Gasteiger partial charge in [0.1, 0.15) is 0 Å². The lowest BCUT2D eigenvalue weighted by molar-refractivity contribution is -0.886. The molecule has 15 heavy (non-hydrogen) atoms. The van der Waals surface area contributed by atoms with Gasteiger partial charge in [-0.25, -0.2) is 0 Å². The summed E-state index contributed by atoms with van der Waals surface area (Å²) in [5.41, 5.74) is 0. The minimum absolute atomic E-state index is 0. The highest BCUT2D eigenvalue weighted by molar-refractivity contribution is 4.17. The minimum atomic E-state index is 0. The Labute approximate surface area is 100 Å². The van der Waals surface area contributed by atoms with Gasteiger partial charge in [-0.05, 0) is 20.8 Å². The van der Waals surface area contributed by atoms with Gasteiger partial charge >= 0.3 is 0 Å². The summed E-state index contributed by atoms with van der Waals surface area (Å²) in [7, 11) is 11.0. The first-order valence-corrected chi connectivity index (χ1v) is 5.31. The van der Waals surface area contributed by atoms with Crippen LogP contribution in [0.4, 0.5) is 0 Å². The van der Waals surface area contributed by atoms with Gasteiger partial charge in [-0.2, -0.15) is 0 Å². The molecule has 0 aromatic rings. The molecule has 0 atom stereocenters. The van der Waals surface area contributed by atoms with Crippen molar-refractivity contribution < 1.29 is 8.97 Å². The quantitative estimate of drug-likeness (QED) is 0.644. The molecule has 0 radical (unpaired) electrons. The zero-order valence-electron chi connectivity index (χ0n) is 11.0. The van der Waals surface area contributed by atoms with Gasteiger partial charge < -0.3 is 8.97 Å². The second-order valence-corrected chi connectivity index (χ2v) is 5.17. The molecule has 0 unspecified atom stereocenters. The molecule has 0 rings (SSSR count). The van der Waals surface area contributed by atoms with Crippen LogP contribution in [0.25, 0.3) is 0 Å². The van der Waals surface area contributed by atoms with E-state index in [4.69, 9.17) is 0 Å². The molecule has 0 saturated heterocycles. The lowest BCUT2D eigenvalue weighted by atomic mass is 10.5. The first-order chi connectivity index (χ1) is 5.68. The fourth-order valence-electron chi connectivity index (χ4n) is 0.224. The van der Waals surface area contributed by atoms with Gasteiger partial charge in [0, 0.05) is 0 Å². The molecule has 0 fully saturated rings. The molecular weight excluding hydrogens is 184 g/mol. The van der Waals surface area contributed by atoms with Crippen LogP contribution >= 0.6 is 0 Å². The van der Waals surface area contributed by atoms with Crippen molar-refractivity contribution in [1.82, 2.24) is 0 Å². The predicted octanol–water partition coefficient (Wildman–Crippen LogP) is 3.09. The van der Waals surface area contributed by atoms with Gasteiger partial charge in [-0.15, -0.1) is 0 Å². The van der Waals surface area contributed by atoms with Gasteiger partial charge in [0.25, 0.3) is 0 Å². The van der Waals surface area contributed by atoms with E-state index in [1.807, 2.05) is 0 Å². The smallest absolute Gasteiger partial charge is 0.0753 e. The number of nitrogens with zero attached hydrogens (tertiary/aromatic N) is 2. The van der Waals surface area contributed by atoms with Gasteiger partial charge in [-0.3, -0.25) is 0 Å². The molecule has 0 aromatic heterocycles. The number of quaternary nitrogens is 2. The van der Waals surface area contributed by atoms with E-state index in [0.717, 1.165) is 8.97 Å². The van der Waals surface area contributed by atoms with Crippen LogP contribution in [0.3, 0.4) is 0 Å². The average molecular weight is 222 g/mol. The summed E-state index contributed by atoms with van der Waals surface area (Å²) in [6, 6.07) is 0. The molecule has 0 aliphatic heterocycles. The van der Waals surface area contributed by atoms with E-state index in [9.17, 15) is 0 Å². The lowest BCUT2D eigenvalue weighted by Gasteiger charge is -2.25. The summed E-state index contributed by atoms with van der Waals surface area (Å²) >= 11 is 0. The molecule has 2 nitrogen and oxygen atoms in total. The van der Waals surface area contributed by atoms with E-state index in [2.05, 4.69) is 56.0 Å². The molecule has 0 aromatic carbocycles. The minimum Gasteiger partial charge on any atom is -0.331 e. The number of hydrogen-bond acceptors (Lipinski definition) is 0. The summed E-state index contributed by atoms with van der Waals surface area (Å²) in [5.74, 6) is 0. The molecule has 0 spiro atoms. The van der Waals surface area contributed by atoms with Crippen LogP contribution in [0, 0.1) is 0 Å². The maximum atomic E-state index is 2.24. The van der Waals surface area contributed by atoms with Crippen LogP contribution in [0.15, 0.2) is 0 Å². The molecule has 0 amide bonds. The van der Waals surface area contributed by atoms with Crippen LogP contribution in [-0.4, -0.2) is 63.8 Å². The van der Waals surface area contributed by atoms with E-state index < -0.39 is 0 Å². The third-order valence-corrected chi connectivity index (χ3v) is 2.66. The summed E-state index contributed by atoms with van der Waals surface area (Å²) in [4.78, 5) is 0. The Hall–Kier alpha value is -0.0800. The van der Waals surface area contributed by atoms with Crippen molar-refractivity contribution in [2.24, 2.45) is 0 Å². The number of rotatable bonds is 3. The Kier molecular flexibility index (Phi) is 16.9. The monoisotopic (exact) mass is 222 g/mol. The van der Waals surface area contributed by atoms with Crippen LogP contribution in [0.1, 0.15) is 35.6 Å². The molecule has 0 aliphatic carbocycles. The molecule has 98 valence electrons. The second-order valence-electron chi connectivity index (χ2n) is 5.17. The van der Waals surface area contributed by atoms with E-state index >= 15 is 0 Å². The Morgan fingerprint density at radius 1 is 0.600 bits per heavy atom. The first-order valence-electron chi connectivity index (χ1n) is 5.31. The zero-order chi connectivity index (χ0) is 11.1. The van der Waals surface area contributed by atoms with E-state index in [-0.39, 0.29) is 14.9 Å². The molecule has 0 saturated carbocycles. The van der Waals surface area contributed by atoms with Gasteiger partial charge in [-0.1, -0.05) is 14.9 Å². The molecule has 2 heteroatoms. The van der Waals surface area contributed by atoms with Crippen LogP contribution < -0.4 is 0 Å². The SMILES string of the molecule is C.C.CC[N+](C)(C)C.CC[N+](C)(C)CC. The van der Waals surface area contributed by atoms with Crippen molar-refractivity contribution in [1.29, 1.82) is 0 Å². The van der Waals surface area contributed by atoms with E-state index in [0.29, 0.717) is 0 Å². The zero-order valence-corrected chi connectivity index (χ0v) is 11.0.